The molecule has 1 saturated heterocycles. The van der Waals surface area contributed by atoms with E-state index < -0.39 is 35.5 Å². The van der Waals surface area contributed by atoms with Crippen molar-refractivity contribution in [3.8, 4) is 0 Å². The summed E-state index contributed by atoms with van der Waals surface area (Å²) in [7, 11) is 0. The molecule has 3 atom stereocenters. The molecule has 0 aliphatic carbocycles. The summed E-state index contributed by atoms with van der Waals surface area (Å²) in [6, 6.07) is -2.04. The number of carbonyl (C=O) groups is 3. The van der Waals surface area contributed by atoms with E-state index >= 15 is 0 Å². The number of rotatable bonds is 4. The Morgan fingerprint density at radius 3 is 2.29 bits per heavy atom. The van der Waals surface area contributed by atoms with Gasteiger partial charge in [0.05, 0.1) is 6.10 Å². The third-order valence-corrected chi connectivity index (χ3v) is 3.50. The zero-order valence-corrected chi connectivity index (χ0v) is 12.9. The highest BCUT2D eigenvalue weighted by molar-refractivity contribution is 5.92. The standard InChI is InChI=1S/C14H24N2O5/c1-8(17)10(12(19)20)15-11(18)9-6-5-7-16(9)13(21)14(2,3)4/h8-10,17H,5-7H2,1-4H3,(H,15,18)(H,19,20). The number of nitrogens with zero attached hydrogens (tertiary/aromatic N) is 1. The molecule has 0 bridgehead atoms. The van der Waals surface area contributed by atoms with Crippen LogP contribution in [-0.2, 0) is 14.4 Å². The lowest BCUT2D eigenvalue weighted by Crippen LogP contribution is -2.55. The van der Waals surface area contributed by atoms with E-state index in [-0.39, 0.29) is 5.91 Å². The Labute approximate surface area is 124 Å². The molecule has 1 aliphatic rings. The van der Waals surface area contributed by atoms with Crippen LogP contribution in [0.4, 0.5) is 0 Å². The highest BCUT2D eigenvalue weighted by Gasteiger charge is 2.39. The predicted octanol–water partition coefficient (Wildman–Crippen LogP) is -0.0263. The molecule has 1 fully saturated rings. The Kier molecular flexibility index (Phi) is 5.33. The Balaban J connectivity index is 2.81. The first-order chi connectivity index (χ1) is 9.55. The first kappa shape index (κ1) is 17.4. The molecule has 1 rings (SSSR count). The molecule has 21 heavy (non-hydrogen) atoms. The molecule has 0 saturated carbocycles. The van der Waals surface area contributed by atoms with Crippen molar-refractivity contribution in [1.82, 2.24) is 10.2 Å². The Morgan fingerprint density at radius 1 is 1.29 bits per heavy atom. The van der Waals surface area contributed by atoms with Gasteiger partial charge in [-0.15, -0.1) is 0 Å². The second-order valence-corrected chi connectivity index (χ2v) is 6.47. The number of amides is 2. The molecule has 0 aromatic heterocycles. The van der Waals surface area contributed by atoms with Crippen molar-refractivity contribution in [3.63, 3.8) is 0 Å². The lowest BCUT2D eigenvalue weighted by atomic mass is 9.94. The van der Waals surface area contributed by atoms with Gasteiger partial charge in [0.1, 0.15) is 6.04 Å². The largest absolute Gasteiger partial charge is 0.480 e. The summed E-state index contributed by atoms with van der Waals surface area (Å²) >= 11 is 0. The number of aliphatic hydroxyl groups excluding tert-OH is 1. The van der Waals surface area contributed by atoms with Gasteiger partial charge in [0.2, 0.25) is 11.8 Å². The number of likely N-dealkylation sites (tertiary alicyclic amines) is 1. The topological polar surface area (TPSA) is 107 Å². The number of carbonyl (C=O) groups excluding carboxylic acids is 2. The molecule has 7 nitrogen and oxygen atoms in total. The highest BCUT2D eigenvalue weighted by Crippen LogP contribution is 2.25. The lowest BCUT2D eigenvalue weighted by molar-refractivity contribution is -0.148. The fourth-order valence-electron chi connectivity index (χ4n) is 2.35. The van der Waals surface area contributed by atoms with Gasteiger partial charge in [-0.1, -0.05) is 20.8 Å². The number of hydrogen-bond acceptors (Lipinski definition) is 4. The van der Waals surface area contributed by atoms with Crippen LogP contribution in [0.5, 0.6) is 0 Å². The summed E-state index contributed by atoms with van der Waals surface area (Å²) in [5.74, 6) is -1.97. The van der Waals surface area contributed by atoms with Crippen LogP contribution in [0.1, 0.15) is 40.5 Å². The fourth-order valence-corrected chi connectivity index (χ4v) is 2.35. The average molecular weight is 300 g/mol. The summed E-state index contributed by atoms with van der Waals surface area (Å²) in [5, 5.41) is 20.7. The Bertz CT molecular complexity index is 428. The summed E-state index contributed by atoms with van der Waals surface area (Å²) < 4.78 is 0. The van der Waals surface area contributed by atoms with Crippen molar-refractivity contribution in [2.75, 3.05) is 6.54 Å². The molecule has 3 unspecified atom stereocenters. The van der Waals surface area contributed by atoms with Crippen molar-refractivity contribution in [2.24, 2.45) is 5.41 Å². The third kappa shape index (κ3) is 4.17. The molecule has 1 heterocycles. The Morgan fingerprint density at radius 2 is 1.86 bits per heavy atom. The first-order valence-corrected chi connectivity index (χ1v) is 7.08. The van der Waals surface area contributed by atoms with E-state index in [2.05, 4.69) is 5.32 Å². The fraction of sp³-hybridized carbons (Fsp3) is 0.786. The summed E-state index contributed by atoms with van der Waals surface area (Å²) in [5.41, 5.74) is -0.598. The second-order valence-electron chi connectivity index (χ2n) is 6.47. The molecule has 1 aliphatic heterocycles. The van der Waals surface area contributed by atoms with E-state index in [1.54, 1.807) is 20.8 Å². The quantitative estimate of drug-likeness (QED) is 0.676. The van der Waals surface area contributed by atoms with Crippen LogP contribution in [0.25, 0.3) is 0 Å². The van der Waals surface area contributed by atoms with Gasteiger partial charge in [-0.2, -0.15) is 0 Å². The smallest absolute Gasteiger partial charge is 0.328 e. The maximum Gasteiger partial charge on any atom is 0.328 e. The van der Waals surface area contributed by atoms with Crippen molar-refractivity contribution < 1.29 is 24.6 Å². The van der Waals surface area contributed by atoms with Gasteiger partial charge >= 0.3 is 5.97 Å². The molecule has 0 aromatic carbocycles. The molecule has 3 N–H and O–H groups in total. The summed E-state index contributed by atoms with van der Waals surface area (Å²) in [6.45, 7) is 7.11. The molecule has 0 radical (unpaired) electrons. The molecular weight excluding hydrogens is 276 g/mol. The Hall–Kier alpha value is -1.63. The number of aliphatic carboxylic acids is 1. The van der Waals surface area contributed by atoms with Crippen molar-refractivity contribution >= 4 is 17.8 Å². The van der Waals surface area contributed by atoms with Gasteiger partial charge in [0, 0.05) is 12.0 Å². The van der Waals surface area contributed by atoms with Gasteiger partial charge in [0.15, 0.2) is 6.04 Å². The SMILES string of the molecule is CC(O)C(NC(=O)C1CCCN1C(=O)C(C)(C)C)C(=O)O. The van der Waals surface area contributed by atoms with Crippen LogP contribution >= 0.6 is 0 Å². The minimum Gasteiger partial charge on any atom is -0.480 e. The molecule has 7 heteroatoms. The van der Waals surface area contributed by atoms with E-state index in [1.807, 2.05) is 0 Å². The van der Waals surface area contributed by atoms with Crippen LogP contribution in [0.3, 0.4) is 0 Å². The van der Waals surface area contributed by atoms with Crippen molar-refractivity contribution in [2.45, 2.75) is 58.7 Å². The molecular formula is C14H24N2O5. The maximum absolute atomic E-state index is 12.3. The van der Waals surface area contributed by atoms with Crippen molar-refractivity contribution in [3.05, 3.63) is 0 Å². The van der Waals surface area contributed by atoms with E-state index in [0.29, 0.717) is 19.4 Å². The first-order valence-electron chi connectivity index (χ1n) is 7.08. The highest BCUT2D eigenvalue weighted by atomic mass is 16.4. The molecule has 2 amide bonds. The number of hydrogen-bond donors (Lipinski definition) is 3. The van der Waals surface area contributed by atoms with Crippen LogP contribution < -0.4 is 5.32 Å². The van der Waals surface area contributed by atoms with Gasteiger partial charge in [-0.25, -0.2) is 4.79 Å². The second kappa shape index (κ2) is 6.43. The normalized spacial score (nSPS) is 21.8. The zero-order valence-electron chi connectivity index (χ0n) is 12.9. The minimum atomic E-state index is -1.37. The number of nitrogens with one attached hydrogen (secondary N) is 1. The van der Waals surface area contributed by atoms with Gasteiger partial charge in [0.25, 0.3) is 0 Å². The van der Waals surface area contributed by atoms with Crippen LogP contribution in [0.2, 0.25) is 0 Å². The monoisotopic (exact) mass is 300 g/mol. The average Bonchev–Trinajstić information content (AvgIpc) is 2.81. The predicted molar refractivity (Wildman–Crippen MR) is 75.4 cm³/mol. The number of aliphatic hydroxyl groups is 1. The molecule has 0 aromatic rings. The van der Waals surface area contributed by atoms with E-state index in [9.17, 15) is 19.5 Å². The zero-order chi connectivity index (χ0) is 16.4. The van der Waals surface area contributed by atoms with E-state index in [0.717, 1.165) is 0 Å². The summed E-state index contributed by atoms with van der Waals surface area (Å²) in [4.78, 5) is 37.0. The van der Waals surface area contributed by atoms with Crippen LogP contribution in [0.15, 0.2) is 0 Å². The minimum absolute atomic E-state index is 0.135. The molecule has 0 spiro atoms. The van der Waals surface area contributed by atoms with Crippen molar-refractivity contribution in [1.29, 1.82) is 0 Å². The number of carboxylic acid groups (broad SMARTS) is 1. The number of carboxylic acids is 1. The van der Waals surface area contributed by atoms with E-state index in [1.165, 1.54) is 11.8 Å². The van der Waals surface area contributed by atoms with Gasteiger partial charge in [-0.05, 0) is 19.8 Å². The maximum atomic E-state index is 12.3. The van der Waals surface area contributed by atoms with Gasteiger partial charge < -0.3 is 20.4 Å². The van der Waals surface area contributed by atoms with Crippen LogP contribution in [0, 0.1) is 5.41 Å². The lowest BCUT2D eigenvalue weighted by Gasteiger charge is -2.31. The molecule has 120 valence electrons. The van der Waals surface area contributed by atoms with Gasteiger partial charge in [-0.3, -0.25) is 9.59 Å². The third-order valence-electron chi connectivity index (χ3n) is 3.50. The van der Waals surface area contributed by atoms with E-state index in [4.69, 9.17) is 5.11 Å². The van der Waals surface area contributed by atoms with Crippen LogP contribution in [-0.4, -0.2) is 57.6 Å². The summed E-state index contributed by atoms with van der Waals surface area (Å²) in [6.07, 6.45) is -0.00816.